The topological polar surface area (TPSA) is 64.3 Å². The summed E-state index contributed by atoms with van der Waals surface area (Å²) >= 11 is 0. The van der Waals surface area contributed by atoms with E-state index in [-0.39, 0.29) is 11.7 Å². The molecular weight excluding hydrogens is 223 g/mol. The molecule has 1 unspecified atom stereocenters. The van der Waals surface area contributed by atoms with Gasteiger partial charge in [0.05, 0.1) is 0 Å². The Morgan fingerprint density at radius 1 is 1.47 bits per heavy atom. The summed E-state index contributed by atoms with van der Waals surface area (Å²) in [7, 11) is 0. The van der Waals surface area contributed by atoms with Gasteiger partial charge in [-0.25, -0.2) is 10.2 Å². The van der Waals surface area contributed by atoms with Crippen LogP contribution >= 0.6 is 0 Å². The molecule has 0 aliphatic carbocycles. The van der Waals surface area contributed by atoms with Crippen molar-refractivity contribution < 1.29 is 13.9 Å². The third-order valence-corrected chi connectivity index (χ3v) is 2.40. The van der Waals surface area contributed by atoms with Gasteiger partial charge in [-0.15, -0.1) is 0 Å². The van der Waals surface area contributed by atoms with Gasteiger partial charge in [0.15, 0.2) is 6.10 Å². The molecule has 0 heterocycles. The summed E-state index contributed by atoms with van der Waals surface area (Å²) in [5.74, 6) is 4.79. The Balaban J connectivity index is 2.86. The van der Waals surface area contributed by atoms with Gasteiger partial charge in [-0.1, -0.05) is 13.8 Å². The van der Waals surface area contributed by atoms with Crippen LogP contribution in [-0.4, -0.2) is 12.0 Å². The normalized spacial score (nSPS) is 12.4. The summed E-state index contributed by atoms with van der Waals surface area (Å²) in [6.45, 7) is 5.32. The Hall–Kier alpha value is -1.62. The summed E-state index contributed by atoms with van der Waals surface area (Å²) in [5, 5.41) is 0. The molecule has 1 aromatic rings. The van der Waals surface area contributed by atoms with E-state index in [1.807, 2.05) is 13.8 Å². The number of hydrogen-bond donors (Lipinski definition) is 2. The quantitative estimate of drug-likeness (QED) is 0.476. The first kappa shape index (κ1) is 13.4. The van der Waals surface area contributed by atoms with Crippen LogP contribution in [0.15, 0.2) is 18.2 Å². The summed E-state index contributed by atoms with van der Waals surface area (Å²) in [5.41, 5.74) is 2.53. The number of aryl methyl sites for hydroxylation is 1. The Kier molecular flexibility index (Phi) is 4.45. The van der Waals surface area contributed by atoms with E-state index in [1.54, 1.807) is 13.0 Å². The van der Waals surface area contributed by atoms with Gasteiger partial charge >= 0.3 is 0 Å². The molecule has 0 aromatic heterocycles. The van der Waals surface area contributed by atoms with Gasteiger partial charge < -0.3 is 4.74 Å². The Morgan fingerprint density at radius 2 is 2.12 bits per heavy atom. The fourth-order valence-electron chi connectivity index (χ4n) is 1.41. The SMILES string of the molecule is Cc1cc(OC(C(=O)NN)C(C)C)ccc1F. The Labute approximate surface area is 99.9 Å². The summed E-state index contributed by atoms with van der Waals surface area (Å²) in [6.07, 6.45) is -0.690. The number of hydrazine groups is 1. The molecule has 1 aromatic carbocycles. The van der Waals surface area contributed by atoms with E-state index in [4.69, 9.17) is 10.6 Å². The largest absolute Gasteiger partial charge is 0.480 e. The lowest BCUT2D eigenvalue weighted by molar-refractivity contribution is -0.129. The van der Waals surface area contributed by atoms with Crippen LogP contribution in [0.4, 0.5) is 4.39 Å². The number of carbonyl (C=O) groups excluding carboxylic acids is 1. The summed E-state index contributed by atoms with van der Waals surface area (Å²) in [6, 6.07) is 4.35. The maximum absolute atomic E-state index is 13.1. The van der Waals surface area contributed by atoms with Crippen molar-refractivity contribution in [3.05, 3.63) is 29.6 Å². The van der Waals surface area contributed by atoms with Crippen LogP contribution in [0.1, 0.15) is 19.4 Å². The number of ether oxygens (including phenoxy) is 1. The second-order valence-electron chi connectivity index (χ2n) is 4.20. The highest BCUT2D eigenvalue weighted by molar-refractivity contribution is 5.80. The molecule has 94 valence electrons. The zero-order valence-corrected chi connectivity index (χ0v) is 10.2. The van der Waals surface area contributed by atoms with Gasteiger partial charge in [-0.2, -0.15) is 0 Å². The third kappa shape index (κ3) is 3.42. The van der Waals surface area contributed by atoms with Gasteiger partial charge in [0.1, 0.15) is 11.6 Å². The number of benzene rings is 1. The summed E-state index contributed by atoms with van der Waals surface area (Å²) in [4.78, 5) is 11.5. The minimum atomic E-state index is -0.690. The molecule has 0 spiro atoms. The molecule has 4 nitrogen and oxygen atoms in total. The minimum Gasteiger partial charge on any atom is -0.480 e. The average molecular weight is 240 g/mol. The number of carbonyl (C=O) groups is 1. The molecule has 0 saturated carbocycles. The molecule has 0 radical (unpaired) electrons. The van der Waals surface area contributed by atoms with E-state index in [9.17, 15) is 9.18 Å². The lowest BCUT2D eigenvalue weighted by Crippen LogP contribution is -2.44. The zero-order chi connectivity index (χ0) is 13.0. The van der Waals surface area contributed by atoms with E-state index in [2.05, 4.69) is 5.43 Å². The van der Waals surface area contributed by atoms with E-state index < -0.39 is 12.0 Å². The molecule has 0 aliphatic rings. The highest BCUT2D eigenvalue weighted by Gasteiger charge is 2.23. The number of halogens is 1. The number of hydrogen-bond acceptors (Lipinski definition) is 3. The summed E-state index contributed by atoms with van der Waals surface area (Å²) < 4.78 is 18.6. The Morgan fingerprint density at radius 3 is 2.59 bits per heavy atom. The average Bonchev–Trinajstić information content (AvgIpc) is 2.29. The smallest absolute Gasteiger partial charge is 0.275 e. The van der Waals surface area contributed by atoms with E-state index >= 15 is 0 Å². The van der Waals surface area contributed by atoms with Crippen molar-refractivity contribution in [2.45, 2.75) is 26.9 Å². The van der Waals surface area contributed by atoms with Crippen LogP contribution in [0.5, 0.6) is 5.75 Å². The molecule has 17 heavy (non-hydrogen) atoms. The fraction of sp³-hybridized carbons (Fsp3) is 0.417. The van der Waals surface area contributed by atoms with Gasteiger partial charge in [0.2, 0.25) is 0 Å². The molecule has 0 fully saturated rings. The first-order valence-electron chi connectivity index (χ1n) is 5.39. The first-order valence-corrected chi connectivity index (χ1v) is 5.39. The van der Waals surface area contributed by atoms with Crippen LogP contribution in [0.2, 0.25) is 0 Å². The number of rotatable bonds is 4. The van der Waals surface area contributed by atoms with Crippen molar-refractivity contribution in [2.75, 3.05) is 0 Å². The van der Waals surface area contributed by atoms with Gasteiger partial charge in [0.25, 0.3) is 5.91 Å². The van der Waals surface area contributed by atoms with Crippen molar-refractivity contribution in [3.8, 4) is 5.75 Å². The highest BCUT2D eigenvalue weighted by atomic mass is 19.1. The van der Waals surface area contributed by atoms with Crippen molar-refractivity contribution in [2.24, 2.45) is 11.8 Å². The van der Waals surface area contributed by atoms with E-state index in [1.165, 1.54) is 12.1 Å². The molecule has 0 bridgehead atoms. The number of nitrogens with one attached hydrogen (secondary N) is 1. The second kappa shape index (κ2) is 5.63. The monoisotopic (exact) mass is 240 g/mol. The predicted molar refractivity (Wildman–Crippen MR) is 62.7 cm³/mol. The second-order valence-corrected chi connectivity index (χ2v) is 4.20. The Bertz CT molecular complexity index is 407. The predicted octanol–water partition coefficient (Wildman–Crippen LogP) is 1.53. The zero-order valence-electron chi connectivity index (χ0n) is 10.2. The lowest BCUT2D eigenvalue weighted by Gasteiger charge is -2.20. The third-order valence-electron chi connectivity index (χ3n) is 2.40. The van der Waals surface area contributed by atoms with Crippen LogP contribution in [0, 0.1) is 18.7 Å². The number of nitrogens with two attached hydrogens (primary N) is 1. The number of amides is 1. The van der Waals surface area contributed by atoms with Crippen molar-refractivity contribution >= 4 is 5.91 Å². The molecule has 1 rings (SSSR count). The standard InChI is InChI=1S/C12H17FN2O2/c1-7(2)11(12(16)15-14)17-9-4-5-10(13)8(3)6-9/h4-7,11H,14H2,1-3H3,(H,15,16). The lowest BCUT2D eigenvalue weighted by atomic mass is 10.1. The highest BCUT2D eigenvalue weighted by Crippen LogP contribution is 2.19. The fourth-order valence-corrected chi connectivity index (χ4v) is 1.41. The van der Waals surface area contributed by atoms with Gasteiger partial charge in [-0.05, 0) is 36.6 Å². The molecule has 1 amide bonds. The first-order chi connectivity index (χ1) is 7.95. The van der Waals surface area contributed by atoms with E-state index in [0.717, 1.165) is 0 Å². The van der Waals surface area contributed by atoms with E-state index in [0.29, 0.717) is 11.3 Å². The molecule has 0 saturated heterocycles. The van der Waals surface area contributed by atoms with Crippen molar-refractivity contribution in [3.63, 3.8) is 0 Å². The maximum atomic E-state index is 13.1. The molecule has 3 N–H and O–H groups in total. The molecule has 5 heteroatoms. The van der Waals surface area contributed by atoms with Gasteiger partial charge in [-0.3, -0.25) is 10.2 Å². The van der Waals surface area contributed by atoms with Crippen LogP contribution in [0.3, 0.4) is 0 Å². The van der Waals surface area contributed by atoms with Crippen molar-refractivity contribution in [1.29, 1.82) is 0 Å². The van der Waals surface area contributed by atoms with Crippen LogP contribution < -0.4 is 16.0 Å². The van der Waals surface area contributed by atoms with Gasteiger partial charge in [0, 0.05) is 0 Å². The molecular formula is C12H17FN2O2. The maximum Gasteiger partial charge on any atom is 0.275 e. The van der Waals surface area contributed by atoms with Crippen molar-refractivity contribution in [1.82, 2.24) is 5.43 Å². The molecule has 1 atom stereocenters. The molecule has 0 aliphatic heterocycles. The minimum absolute atomic E-state index is 0.0380. The van der Waals surface area contributed by atoms with Crippen LogP contribution in [0.25, 0.3) is 0 Å². The van der Waals surface area contributed by atoms with Crippen LogP contribution in [-0.2, 0) is 4.79 Å².